The highest BCUT2D eigenvalue weighted by molar-refractivity contribution is 6.00. The number of amides is 3. The Kier molecular flexibility index (Phi) is 8.16. The van der Waals surface area contributed by atoms with Gasteiger partial charge in [-0.1, -0.05) is 12.1 Å². The maximum absolute atomic E-state index is 13.8. The molecule has 10 nitrogen and oxygen atoms in total. The van der Waals surface area contributed by atoms with Crippen molar-refractivity contribution in [2.75, 3.05) is 33.9 Å². The van der Waals surface area contributed by atoms with Crippen LogP contribution in [0, 0.1) is 5.82 Å². The molecule has 0 bridgehead atoms. The molecule has 1 atom stereocenters. The van der Waals surface area contributed by atoms with Crippen LogP contribution in [0.3, 0.4) is 0 Å². The maximum atomic E-state index is 13.8. The molecule has 3 heterocycles. The number of pyridine rings is 1. The number of carbonyl (C=O) groups is 3. The third kappa shape index (κ3) is 5.58. The molecule has 2 aromatic carbocycles. The van der Waals surface area contributed by atoms with Crippen molar-refractivity contribution in [1.82, 2.24) is 20.1 Å². The number of nitrogens with zero attached hydrogens (tertiary/aromatic N) is 3. The summed E-state index contributed by atoms with van der Waals surface area (Å²) in [5, 5.41) is 2.88. The number of likely N-dealkylation sites (tertiary alicyclic amines) is 1. The summed E-state index contributed by atoms with van der Waals surface area (Å²) in [7, 11) is 2.98. The van der Waals surface area contributed by atoms with Crippen LogP contribution in [0.2, 0.25) is 0 Å². The van der Waals surface area contributed by atoms with Crippen molar-refractivity contribution >= 4 is 17.7 Å². The molecule has 0 aliphatic carbocycles. The zero-order valence-electron chi connectivity index (χ0n) is 22.8. The average Bonchev–Trinajstić information content (AvgIpc) is 3.38. The third-order valence-electron chi connectivity index (χ3n) is 7.54. The van der Waals surface area contributed by atoms with Crippen molar-refractivity contribution in [2.45, 2.75) is 31.2 Å². The molecule has 2 aliphatic rings. The maximum Gasteiger partial charge on any atom is 0.261 e. The van der Waals surface area contributed by atoms with Crippen LogP contribution in [0.15, 0.2) is 67.0 Å². The van der Waals surface area contributed by atoms with Gasteiger partial charge in [0.15, 0.2) is 0 Å². The Balaban J connectivity index is 1.38. The zero-order valence-corrected chi connectivity index (χ0v) is 22.8. The van der Waals surface area contributed by atoms with Gasteiger partial charge < -0.3 is 24.4 Å². The molecule has 3 amide bonds. The lowest BCUT2D eigenvalue weighted by atomic mass is 9.95. The van der Waals surface area contributed by atoms with E-state index in [9.17, 15) is 18.8 Å². The summed E-state index contributed by atoms with van der Waals surface area (Å²) in [6, 6.07) is 13.0. The van der Waals surface area contributed by atoms with Gasteiger partial charge in [0.2, 0.25) is 5.91 Å². The number of benzene rings is 2. The van der Waals surface area contributed by atoms with Gasteiger partial charge in [-0.15, -0.1) is 0 Å². The number of carbonyl (C=O) groups excluding carboxylic acids is 3. The Morgan fingerprint density at radius 3 is 2.29 bits per heavy atom. The van der Waals surface area contributed by atoms with E-state index in [1.807, 2.05) is 6.07 Å². The number of hydrogen-bond acceptors (Lipinski definition) is 7. The van der Waals surface area contributed by atoms with Gasteiger partial charge >= 0.3 is 0 Å². The first-order chi connectivity index (χ1) is 19.9. The largest absolute Gasteiger partial charge is 0.496 e. The molecule has 11 heteroatoms. The van der Waals surface area contributed by atoms with Crippen molar-refractivity contribution in [3.05, 3.63) is 89.5 Å². The average molecular weight is 563 g/mol. The van der Waals surface area contributed by atoms with Crippen LogP contribution in [0.1, 0.15) is 39.1 Å². The molecule has 2 saturated heterocycles. The lowest BCUT2D eigenvalue weighted by Crippen LogP contribution is -2.59. The minimum absolute atomic E-state index is 0.0138. The second-order valence-electron chi connectivity index (χ2n) is 9.86. The predicted molar refractivity (Wildman–Crippen MR) is 146 cm³/mol. The van der Waals surface area contributed by atoms with Crippen LogP contribution in [0.5, 0.6) is 11.5 Å². The van der Waals surface area contributed by atoms with E-state index in [2.05, 4.69) is 10.3 Å². The van der Waals surface area contributed by atoms with Crippen LogP contribution in [0.25, 0.3) is 0 Å². The molecule has 0 saturated carbocycles. The number of nitrogens with one attached hydrogen (secondary N) is 1. The van der Waals surface area contributed by atoms with E-state index in [1.54, 1.807) is 41.6 Å². The predicted octanol–water partition coefficient (Wildman–Crippen LogP) is 3.03. The van der Waals surface area contributed by atoms with E-state index < -0.39 is 23.5 Å². The Bertz CT molecular complexity index is 1390. The summed E-state index contributed by atoms with van der Waals surface area (Å²) in [6.45, 7) is 0.742. The van der Waals surface area contributed by atoms with Gasteiger partial charge in [0.25, 0.3) is 11.8 Å². The van der Waals surface area contributed by atoms with Gasteiger partial charge in [-0.3, -0.25) is 24.3 Å². The Hall–Kier alpha value is -4.51. The summed E-state index contributed by atoms with van der Waals surface area (Å²) in [4.78, 5) is 48.0. The summed E-state index contributed by atoms with van der Waals surface area (Å²) in [5.74, 6) is -0.781. The highest BCUT2D eigenvalue weighted by Crippen LogP contribution is 2.40. The molecule has 0 unspecified atom stereocenters. The number of piperidine rings is 1. The number of ether oxygens (including phenoxy) is 3. The number of halogens is 1. The molecule has 41 heavy (non-hydrogen) atoms. The molecule has 1 aromatic heterocycles. The second kappa shape index (κ2) is 11.9. The smallest absolute Gasteiger partial charge is 0.261 e. The SMILES string of the molecule is COc1cccc(OC)c1C(=O)N1CCC2(CC1)OC[C@H](C(=O)NCc1cccnc1)N2C(=O)c1ccc(F)cc1. The van der Waals surface area contributed by atoms with Gasteiger partial charge in [0.05, 0.1) is 20.8 Å². The lowest BCUT2D eigenvalue weighted by Gasteiger charge is -2.44. The van der Waals surface area contributed by atoms with Gasteiger partial charge in [-0.2, -0.15) is 0 Å². The third-order valence-corrected chi connectivity index (χ3v) is 7.54. The van der Waals surface area contributed by atoms with Gasteiger partial charge in [0.1, 0.15) is 34.6 Å². The number of aromatic nitrogens is 1. The molecule has 3 aromatic rings. The summed E-state index contributed by atoms with van der Waals surface area (Å²) in [6.07, 6.45) is 3.84. The number of hydrogen-bond donors (Lipinski definition) is 1. The summed E-state index contributed by atoms with van der Waals surface area (Å²) in [5.41, 5.74) is 0.236. The van der Waals surface area contributed by atoms with Crippen LogP contribution >= 0.6 is 0 Å². The Labute approximate surface area is 237 Å². The fraction of sp³-hybridized carbons (Fsp3) is 0.333. The normalized spacial score (nSPS) is 17.8. The van der Waals surface area contributed by atoms with Crippen molar-refractivity contribution in [3.8, 4) is 11.5 Å². The number of methoxy groups -OCH3 is 2. The van der Waals surface area contributed by atoms with Crippen LogP contribution < -0.4 is 14.8 Å². The number of rotatable bonds is 7. The topological polar surface area (TPSA) is 110 Å². The fourth-order valence-electron chi connectivity index (χ4n) is 5.39. The molecule has 214 valence electrons. The van der Waals surface area contributed by atoms with Crippen molar-refractivity contribution < 1.29 is 33.0 Å². The first kappa shape index (κ1) is 28.0. The lowest BCUT2D eigenvalue weighted by molar-refractivity contribution is -0.128. The van der Waals surface area contributed by atoms with Gasteiger partial charge in [-0.05, 0) is 48.0 Å². The zero-order chi connectivity index (χ0) is 29.0. The molecule has 1 N–H and O–H groups in total. The minimum Gasteiger partial charge on any atom is -0.496 e. The van der Waals surface area contributed by atoms with Crippen molar-refractivity contribution in [2.24, 2.45) is 0 Å². The molecule has 5 rings (SSSR count). The summed E-state index contributed by atoms with van der Waals surface area (Å²) >= 11 is 0. The fourth-order valence-corrected chi connectivity index (χ4v) is 5.39. The molecular formula is C30H31FN4O6. The van der Waals surface area contributed by atoms with E-state index >= 15 is 0 Å². The van der Waals surface area contributed by atoms with Crippen molar-refractivity contribution in [3.63, 3.8) is 0 Å². The molecule has 2 aliphatic heterocycles. The van der Waals surface area contributed by atoms with E-state index in [-0.39, 0.29) is 56.5 Å². The molecule has 0 radical (unpaired) electrons. The summed E-state index contributed by atoms with van der Waals surface area (Å²) < 4.78 is 30.7. The molecular weight excluding hydrogens is 531 g/mol. The van der Waals surface area contributed by atoms with Crippen LogP contribution in [-0.4, -0.2) is 78.2 Å². The molecule has 2 fully saturated rings. The minimum atomic E-state index is -1.12. The second-order valence-corrected chi connectivity index (χ2v) is 9.86. The monoisotopic (exact) mass is 562 g/mol. The highest BCUT2D eigenvalue weighted by Gasteiger charge is 2.54. The van der Waals surface area contributed by atoms with E-state index in [1.165, 1.54) is 43.4 Å². The first-order valence-corrected chi connectivity index (χ1v) is 13.3. The van der Waals surface area contributed by atoms with Crippen LogP contribution in [-0.2, 0) is 16.1 Å². The van der Waals surface area contributed by atoms with E-state index in [0.717, 1.165) is 5.56 Å². The van der Waals surface area contributed by atoms with Gasteiger partial charge in [-0.25, -0.2) is 4.39 Å². The quantitative estimate of drug-likeness (QED) is 0.471. The Morgan fingerprint density at radius 2 is 1.68 bits per heavy atom. The van der Waals surface area contributed by atoms with E-state index in [4.69, 9.17) is 14.2 Å². The van der Waals surface area contributed by atoms with Crippen LogP contribution in [0.4, 0.5) is 4.39 Å². The van der Waals surface area contributed by atoms with E-state index in [0.29, 0.717) is 17.1 Å². The Morgan fingerprint density at radius 1 is 1.00 bits per heavy atom. The standard InChI is InChI=1S/C30H31FN4O6/c1-39-24-6-3-7-25(40-2)26(24)29(38)34-15-12-30(13-16-34)35(28(37)21-8-10-22(31)11-9-21)23(19-41-30)27(36)33-18-20-5-4-14-32-17-20/h3-11,14,17,23H,12-13,15-16,18-19H2,1-2H3,(H,33,36)/t23-/m1/s1. The molecule has 1 spiro atoms. The van der Waals surface area contributed by atoms with Crippen molar-refractivity contribution in [1.29, 1.82) is 0 Å². The highest BCUT2D eigenvalue weighted by atomic mass is 19.1. The van der Waals surface area contributed by atoms with Gasteiger partial charge in [0, 0.05) is 50.4 Å². The first-order valence-electron chi connectivity index (χ1n) is 13.3.